The van der Waals surface area contributed by atoms with Crippen molar-refractivity contribution in [3.05, 3.63) is 42.6 Å². The van der Waals surface area contributed by atoms with Crippen LogP contribution in [0.2, 0.25) is 0 Å². The first-order valence-electron chi connectivity index (χ1n) is 6.21. The highest BCUT2D eigenvalue weighted by atomic mass is 16.6. The Kier molecular flexibility index (Phi) is 3.42. The molecule has 2 unspecified atom stereocenters. The molecule has 1 aliphatic heterocycles. The number of benzene rings is 1. The normalized spacial score (nSPS) is 24.2. The highest BCUT2D eigenvalue weighted by Crippen LogP contribution is 2.39. The predicted octanol–water partition coefficient (Wildman–Crippen LogP) is 3.14. The Labute approximate surface area is 112 Å². The molecule has 100 valence electrons. The summed E-state index contributed by atoms with van der Waals surface area (Å²) in [5, 5.41) is 0. The Morgan fingerprint density at radius 1 is 1.42 bits per heavy atom. The number of amides is 1. The van der Waals surface area contributed by atoms with Crippen LogP contribution in [0.15, 0.2) is 42.6 Å². The van der Waals surface area contributed by atoms with Crippen LogP contribution >= 0.6 is 0 Å². The number of cyclic esters (lactones) is 1. The molecule has 4 nitrogen and oxygen atoms in total. The summed E-state index contributed by atoms with van der Waals surface area (Å²) >= 11 is 0. The molecule has 1 heterocycles. The molecule has 1 aromatic rings. The van der Waals surface area contributed by atoms with Gasteiger partial charge in [-0.2, -0.15) is 0 Å². The van der Waals surface area contributed by atoms with Crippen molar-refractivity contribution in [2.45, 2.75) is 25.9 Å². The first-order chi connectivity index (χ1) is 8.98. The standard InChI is InChI=1S/C15H17NO3/c1-11(10-17)9-15(3)12(2)16(14(18)19-15)13-7-5-4-6-8-13/h4-8,10-11H,2,9H2,1,3H3. The Morgan fingerprint density at radius 3 is 2.63 bits per heavy atom. The number of rotatable bonds is 4. The number of anilines is 1. The number of hydrogen-bond acceptors (Lipinski definition) is 3. The van der Waals surface area contributed by atoms with Gasteiger partial charge in [-0.25, -0.2) is 9.69 Å². The highest BCUT2D eigenvalue weighted by Gasteiger charge is 2.46. The second-order valence-electron chi connectivity index (χ2n) is 5.03. The van der Waals surface area contributed by atoms with Crippen molar-refractivity contribution in [1.29, 1.82) is 0 Å². The number of carbonyl (C=O) groups excluding carboxylic acids is 2. The molecule has 0 spiro atoms. The predicted molar refractivity (Wildman–Crippen MR) is 72.8 cm³/mol. The minimum atomic E-state index is -0.826. The van der Waals surface area contributed by atoms with Crippen molar-refractivity contribution in [3.63, 3.8) is 0 Å². The third-order valence-corrected chi connectivity index (χ3v) is 3.33. The van der Waals surface area contributed by atoms with Crippen LogP contribution in [-0.4, -0.2) is 18.0 Å². The summed E-state index contributed by atoms with van der Waals surface area (Å²) in [5.41, 5.74) is 0.463. The number of nitrogens with zero attached hydrogens (tertiary/aromatic N) is 1. The van der Waals surface area contributed by atoms with Gasteiger partial charge in [-0.15, -0.1) is 0 Å². The fourth-order valence-electron chi connectivity index (χ4n) is 2.30. The Morgan fingerprint density at radius 2 is 2.05 bits per heavy atom. The van der Waals surface area contributed by atoms with Gasteiger partial charge in [-0.1, -0.05) is 31.7 Å². The number of para-hydroxylation sites is 1. The van der Waals surface area contributed by atoms with E-state index in [1.807, 2.05) is 30.3 Å². The molecule has 1 aliphatic rings. The van der Waals surface area contributed by atoms with Crippen molar-refractivity contribution in [1.82, 2.24) is 0 Å². The van der Waals surface area contributed by atoms with Gasteiger partial charge in [0, 0.05) is 12.3 Å². The van der Waals surface area contributed by atoms with Gasteiger partial charge in [-0.3, -0.25) is 0 Å². The maximum Gasteiger partial charge on any atom is 0.419 e. The van der Waals surface area contributed by atoms with Gasteiger partial charge >= 0.3 is 6.09 Å². The fourth-order valence-corrected chi connectivity index (χ4v) is 2.30. The van der Waals surface area contributed by atoms with Crippen LogP contribution < -0.4 is 4.90 Å². The molecule has 0 bridgehead atoms. The molecular weight excluding hydrogens is 242 g/mol. The van der Waals surface area contributed by atoms with Gasteiger partial charge in [0.1, 0.15) is 6.29 Å². The van der Waals surface area contributed by atoms with Crippen LogP contribution in [0.5, 0.6) is 0 Å². The average Bonchev–Trinajstić information content (AvgIpc) is 2.60. The van der Waals surface area contributed by atoms with Gasteiger partial charge in [-0.05, 0) is 19.1 Å². The number of hydrogen-bond donors (Lipinski definition) is 0. The molecule has 0 radical (unpaired) electrons. The number of ether oxygens (including phenoxy) is 1. The van der Waals surface area contributed by atoms with Gasteiger partial charge in [0.05, 0.1) is 11.4 Å². The quantitative estimate of drug-likeness (QED) is 0.780. The summed E-state index contributed by atoms with van der Waals surface area (Å²) in [6.45, 7) is 7.55. The minimum Gasteiger partial charge on any atom is -0.436 e. The average molecular weight is 259 g/mol. The molecule has 1 amide bonds. The topological polar surface area (TPSA) is 46.6 Å². The lowest BCUT2D eigenvalue weighted by molar-refractivity contribution is -0.111. The summed E-state index contributed by atoms with van der Waals surface area (Å²) in [6.07, 6.45) is 0.846. The lowest BCUT2D eigenvalue weighted by Crippen LogP contribution is -2.30. The minimum absolute atomic E-state index is 0.190. The monoisotopic (exact) mass is 259 g/mol. The van der Waals surface area contributed by atoms with Crippen molar-refractivity contribution in [2.75, 3.05) is 4.90 Å². The summed E-state index contributed by atoms with van der Waals surface area (Å²) in [7, 11) is 0. The van der Waals surface area contributed by atoms with E-state index in [0.717, 1.165) is 12.0 Å². The molecule has 1 fully saturated rings. The summed E-state index contributed by atoms with van der Waals surface area (Å²) in [6, 6.07) is 9.21. The highest BCUT2D eigenvalue weighted by molar-refractivity contribution is 5.95. The zero-order valence-corrected chi connectivity index (χ0v) is 11.1. The molecule has 19 heavy (non-hydrogen) atoms. The second-order valence-corrected chi connectivity index (χ2v) is 5.03. The van der Waals surface area contributed by atoms with Crippen LogP contribution in [0.3, 0.4) is 0 Å². The van der Waals surface area contributed by atoms with E-state index in [4.69, 9.17) is 4.74 Å². The first-order valence-corrected chi connectivity index (χ1v) is 6.21. The van der Waals surface area contributed by atoms with Gasteiger partial charge in [0.15, 0.2) is 5.60 Å². The van der Waals surface area contributed by atoms with E-state index < -0.39 is 11.7 Å². The molecule has 4 heteroatoms. The maximum absolute atomic E-state index is 12.0. The van der Waals surface area contributed by atoms with E-state index in [1.54, 1.807) is 13.8 Å². The number of aldehydes is 1. The van der Waals surface area contributed by atoms with Gasteiger partial charge < -0.3 is 9.53 Å². The first kappa shape index (κ1) is 13.3. The van der Waals surface area contributed by atoms with E-state index in [1.165, 1.54) is 4.90 Å². The van der Waals surface area contributed by atoms with E-state index in [9.17, 15) is 9.59 Å². The van der Waals surface area contributed by atoms with Crippen LogP contribution in [-0.2, 0) is 9.53 Å². The van der Waals surface area contributed by atoms with Crippen LogP contribution in [0.25, 0.3) is 0 Å². The number of carbonyl (C=O) groups is 2. The molecule has 0 N–H and O–H groups in total. The largest absolute Gasteiger partial charge is 0.436 e. The summed E-state index contributed by atoms with van der Waals surface area (Å²) in [5.74, 6) is -0.190. The van der Waals surface area contributed by atoms with Crippen LogP contribution in [0.1, 0.15) is 20.3 Å². The van der Waals surface area contributed by atoms with Crippen molar-refractivity contribution >= 4 is 18.1 Å². The van der Waals surface area contributed by atoms with Crippen molar-refractivity contribution in [2.24, 2.45) is 5.92 Å². The Balaban J connectivity index is 2.28. The summed E-state index contributed by atoms with van der Waals surface area (Å²) in [4.78, 5) is 24.3. The van der Waals surface area contributed by atoms with E-state index in [0.29, 0.717) is 12.1 Å². The molecule has 2 rings (SSSR count). The summed E-state index contributed by atoms with van der Waals surface area (Å²) < 4.78 is 5.43. The maximum atomic E-state index is 12.0. The van der Waals surface area contributed by atoms with Crippen LogP contribution in [0.4, 0.5) is 10.5 Å². The van der Waals surface area contributed by atoms with E-state index in [-0.39, 0.29) is 5.92 Å². The molecule has 1 aromatic carbocycles. The van der Waals surface area contributed by atoms with Crippen molar-refractivity contribution < 1.29 is 14.3 Å². The zero-order chi connectivity index (χ0) is 14.0. The lowest BCUT2D eigenvalue weighted by Gasteiger charge is -2.25. The van der Waals surface area contributed by atoms with Crippen LogP contribution in [0, 0.1) is 5.92 Å². The van der Waals surface area contributed by atoms with Gasteiger partial charge in [0.25, 0.3) is 0 Å². The molecule has 1 saturated heterocycles. The molecule has 0 aliphatic carbocycles. The fraction of sp³-hybridized carbons (Fsp3) is 0.333. The lowest BCUT2D eigenvalue weighted by atomic mass is 9.91. The third kappa shape index (κ3) is 2.38. The Hall–Kier alpha value is -2.10. The zero-order valence-electron chi connectivity index (χ0n) is 11.1. The van der Waals surface area contributed by atoms with Gasteiger partial charge in [0.2, 0.25) is 0 Å². The SMILES string of the molecule is C=C1N(c2ccccc2)C(=O)OC1(C)CC(C)C=O. The van der Waals surface area contributed by atoms with E-state index >= 15 is 0 Å². The Bertz CT molecular complexity index is 511. The second kappa shape index (κ2) is 4.88. The molecular formula is C15H17NO3. The third-order valence-electron chi connectivity index (χ3n) is 3.33. The van der Waals surface area contributed by atoms with E-state index in [2.05, 4.69) is 6.58 Å². The van der Waals surface area contributed by atoms with Crippen molar-refractivity contribution in [3.8, 4) is 0 Å². The molecule has 2 atom stereocenters. The molecule has 0 saturated carbocycles. The molecule has 0 aromatic heterocycles. The smallest absolute Gasteiger partial charge is 0.419 e.